The van der Waals surface area contributed by atoms with Crippen LogP contribution in [0.3, 0.4) is 0 Å². The molecule has 110 valence electrons. The number of rotatable bonds is 4. The molecule has 0 unspecified atom stereocenters. The molecule has 1 N–H and O–H groups in total. The number of nitrogens with zero attached hydrogens (tertiary/aromatic N) is 1. The van der Waals surface area contributed by atoms with Crippen molar-refractivity contribution in [1.29, 1.82) is 0 Å². The molecule has 0 aromatic heterocycles. The van der Waals surface area contributed by atoms with Crippen LogP contribution in [0.25, 0.3) is 0 Å². The van der Waals surface area contributed by atoms with Crippen LogP contribution in [0, 0.1) is 13.8 Å². The van der Waals surface area contributed by atoms with Crippen molar-refractivity contribution in [1.82, 2.24) is 10.2 Å². The summed E-state index contributed by atoms with van der Waals surface area (Å²) in [5.41, 5.74) is 3.75. The molecule has 1 fully saturated rings. The van der Waals surface area contributed by atoms with Crippen molar-refractivity contribution in [3.8, 4) is 0 Å². The molecule has 1 atom stereocenters. The molecular formula is C17H26N2O. The first-order valence-corrected chi connectivity index (χ1v) is 7.65. The fraction of sp³-hybridized carbons (Fsp3) is 0.588. The molecule has 0 bridgehead atoms. The van der Waals surface area contributed by atoms with Gasteiger partial charge in [-0.25, -0.2) is 0 Å². The summed E-state index contributed by atoms with van der Waals surface area (Å²) >= 11 is 0. The second kappa shape index (κ2) is 6.89. The summed E-state index contributed by atoms with van der Waals surface area (Å²) in [6.45, 7) is 8.93. The van der Waals surface area contributed by atoms with Gasteiger partial charge in [-0.15, -0.1) is 0 Å². The van der Waals surface area contributed by atoms with Crippen LogP contribution in [-0.4, -0.2) is 30.4 Å². The molecule has 0 spiro atoms. The van der Waals surface area contributed by atoms with Crippen molar-refractivity contribution in [3.63, 3.8) is 0 Å². The first-order valence-electron chi connectivity index (χ1n) is 7.65. The summed E-state index contributed by atoms with van der Waals surface area (Å²) in [4.78, 5) is 14.3. The number of carbonyl (C=O) groups is 1. The molecule has 1 amide bonds. The maximum atomic E-state index is 12.1. The van der Waals surface area contributed by atoms with Gasteiger partial charge in [0.15, 0.2) is 0 Å². The fourth-order valence-corrected chi connectivity index (χ4v) is 2.73. The molecule has 1 aromatic rings. The van der Waals surface area contributed by atoms with Crippen molar-refractivity contribution >= 4 is 5.91 Å². The van der Waals surface area contributed by atoms with Gasteiger partial charge >= 0.3 is 0 Å². The lowest BCUT2D eigenvalue weighted by Gasteiger charge is -2.26. The number of aryl methyl sites for hydroxylation is 2. The second-order valence-corrected chi connectivity index (χ2v) is 5.97. The van der Waals surface area contributed by atoms with Crippen molar-refractivity contribution in [2.75, 3.05) is 19.6 Å². The van der Waals surface area contributed by atoms with E-state index in [-0.39, 0.29) is 11.9 Å². The number of piperidine rings is 1. The Morgan fingerprint density at radius 1 is 1.20 bits per heavy atom. The second-order valence-electron chi connectivity index (χ2n) is 5.97. The van der Waals surface area contributed by atoms with Crippen molar-refractivity contribution < 1.29 is 4.79 Å². The van der Waals surface area contributed by atoms with E-state index in [1.165, 1.54) is 36.0 Å². The van der Waals surface area contributed by atoms with Crippen molar-refractivity contribution in [3.05, 3.63) is 34.9 Å². The SMILES string of the molecule is Cc1ccc([C@@H](C)NC(=O)CN2CCCCC2)cc1C. The van der Waals surface area contributed by atoms with E-state index in [4.69, 9.17) is 0 Å². The largest absolute Gasteiger partial charge is 0.348 e. The van der Waals surface area contributed by atoms with Crippen LogP contribution < -0.4 is 5.32 Å². The van der Waals surface area contributed by atoms with Gasteiger partial charge in [0.05, 0.1) is 12.6 Å². The average Bonchev–Trinajstić information content (AvgIpc) is 2.42. The quantitative estimate of drug-likeness (QED) is 0.915. The molecule has 1 aliphatic rings. The van der Waals surface area contributed by atoms with Crippen LogP contribution in [0.15, 0.2) is 18.2 Å². The Bertz CT molecular complexity index is 464. The standard InChI is InChI=1S/C17H26N2O/c1-13-7-8-16(11-14(13)2)15(3)18-17(20)12-19-9-5-4-6-10-19/h7-8,11,15H,4-6,9-10,12H2,1-3H3,(H,18,20)/t15-/m1/s1. The lowest BCUT2D eigenvalue weighted by Crippen LogP contribution is -2.40. The first kappa shape index (κ1) is 15.0. The molecule has 3 nitrogen and oxygen atoms in total. The van der Waals surface area contributed by atoms with Crippen LogP contribution in [0.4, 0.5) is 0 Å². The molecule has 0 saturated carbocycles. The highest BCUT2D eigenvalue weighted by molar-refractivity contribution is 5.78. The third-order valence-corrected chi connectivity index (χ3v) is 4.22. The topological polar surface area (TPSA) is 32.3 Å². The Kier molecular flexibility index (Phi) is 5.18. The summed E-state index contributed by atoms with van der Waals surface area (Å²) < 4.78 is 0. The predicted octanol–water partition coefficient (Wildman–Crippen LogP) is 2.97. The van der Waals surface area contributed by atoms with Crippen LogP contribution in [-0.2, 0) is 4.79 Å². The van der Waals surface area contributed by atoms with Gasteiger partial charge in [-0.1, -0.05) is 24.6 Å². The summed E-state index contributed by atoms with van der Waals surface area (Å²) in [6.07, 6.45) is 3.75. The van der Waals surface area contributed by atoms with Crippen molar-refractivity contribution in [2.45, 2.75) is 46.1 Å². The Morgan fingerprint density at radius 2 is 1.90 bits per heavy atom. The van der Waals surface area contributed by atoms with Gasteiger partial charge in [0.25, 0.3) is 0 Å². The van der Waals surface area contributed by atoms with E-state index < -0.39 is 0 Å². The van der Waals surface area contributed by atoms with E-state index in [1.807, 2.05) is 0 Å². The average molecular weight is 274 g/mol. The minimum absolute atomic E-state index is 0.0755. The van der Waals surface area contributed by atoms with Crippen LogP contribution in [0.1, 0.15) is 48.9 Å². The number of hydrogen-bond donors (Lipinski definition) is 1. The molecule has 2 rings (SSSR count). The number of hydrogen-bond acceptors (Lipinski definition) is 2. The summed E-state index contributed by atoms with van der Waals surface area (Å²) in [5, 5.41) is 3.11. The zero-order valence-electron chi connectivity index (χ0n) is 12.9. The predicted molar refractivity (Wildman–Crippen MR) is 82.8 cm³/mol. The molecule has 1 aliphatic heterocycles. The lowest BCUT2D eigenvalue weighted by molar-refractivity contribution is -0.123. The maximum absolute atomic E-state index is 12.1. The van der Waals surface area contributed by atoms with Crippen LogP contribution in [0.5, 0.6) is 0 Å². The highest BCUT2D eigenvalue weighted by Crippen LogP contribution is 2.17. The monoisotopic (exact) mass is 274 g/mol. The van der Waals surface area contributed by atoms with Gasteiger partial charge in [0.1, 0.15) is 0 Å². The van der Waals surface area contributed by atoms with Gasteiger partial charge in [0.2, 0.25) is 5.91 Å². The molecule has 0 radical (unpaired) electrons. The van der Waals surface area contributed by atoms with E-state index in [0.717, 1.165) is 13.1 Å². The van der Waals surface area contributed by atoms with E-state index in [9.17, 15) is 4.79 Å². The Labute approximate surface area is 122 Å². The third-order valence-electron chi connectivity index (χ3n) is 4.22. The van der Waals surface area contributed by atoms with Gasteiger partial charge in [0, 0.05) is 0 Å². The van der Waals surface area contributed by atoms with Crippen LogP contribution in [0.2, 0.25) is 0 Å². The van der Waals surface area contributed by atoms with E-state index in [0.29, 0.717) is 6.54 Å². The van der Waals surface area contributed by atoms with E-state index in [1.54, 1.807) is 0 Å². The minimum Gasteiger partial charge on any atom is -0.348 e. The highest BCUT2D eigenvalue weighted by atomic mass is 16.2. The zero-order valence-corrected chi connectivity index (χ0v) is 12.9. The molecule has 1 saturated heterocycles. The summed E-state index contributed by atoms with van der Waals surface area (Å²) in [6, 6.07) is 6.47. The molecule has 1 aromatic carbocycles. The summed E-state index contributed by atoms with van der Waals surface area (Å²) in [5.74, 6) is 0.137. The van der Waals surface area contributed by atoms with E-state index >= 15 is 0 Å². The van der Waals surface area contributed by atoms with Gasteiger partial charge in [-0.2, -0.15) is 0 Å². The Hall–Kier alpha value is -1.35. The van der Waals surface area contributed by atoms with Crippen LogP contribution >= 0.6 is 0 Å². The highest BCUT2D eigenvalue weighted by Gasteiger charge is 2.16. The maximum Gasteiger partial charge on any atom is 0.234 e. The fourth-order valence-electron chi connectivity index (χ4n) is 2.73. The third kappa shape index (κ3) is 4.07. The van der Waals surface area contributed by atoms with Crippen molar-refractivity contribution in [2.24, 2.45) is 0 Å². The lowest BCUT2D eigenvalue weighted by atomic mass is 10.0. The molecular weight excluding hydrogens is 248 g/mol. The number of likely N-dealkylation sites (tertiary alicyclic amines) is 1. The Morgan fingerprint density at radius 3 is 2.55 bits per heavy atom. The number of benzene rings is 1. The normalized spacial score (nSPS) is 17.8. The first-order chi connectivity index (χ1) is 9.56. The molecule has 20 heavy (non-hydrogen) atoms. The van der Waals surface area contributed by atoms with Gasteiger partial charge < -0.3 is 5.32 Å². The Balaban J connectivity index is 1.87. The minimum atomic E-state index is 0.0755. The number of amides is 1. The molecule has 0 aliphatic carbocycles. The van der Waals surface area contributed by atoms with E-state index in [2.05, 4.69) is 49.2 Å². The van der Waals surface area contributed by atoms with Gasteiger partial charge in [-0.05, 0) is 63.4 Å². The number of nitrogens with one attached hydrogen (secondary N) is 1. The smallest absolute Gasteiger partial charge is 0.234 e. The zero-order chi connectivity index (χ0) is 14.5. The summed E-state index contributed by atoms with van der Waals surface area (Å²) in [7, 11) is 0. The molecule has 1 heterocycles. The number of carbonyl (C=O) groups excluding carboxylic acids is 1. The molecule has 3 heteroatoms. The van der Waals surface area contributed by atoms with Gasteiger partial charge in [-0.3, -0.25) is 9.69 Å².